The number of carbonyl (C=O) groups excluding carboxylic acids is 1. The fourth-order valence-corrected chi connectivity index (χ4v) is 2.44. The maximum absolute atomic E-state index is 12.1. The Morgan fingerprint density at radius 1 is 1.50 bits per heavy atom. The van der Waals surface area contributed by atoms with E-state index in [1.165, 1.54) is 0 Å². The second-order valence-corrected chi connectivity index (χ2v) is 5.01. The van der Waals surface area contributed by atoms with Crippen LogP contribution in [0.4, 0.5) is 0 Å². The first-order valence-corrected chi connectivity index (χ1v) is 6.45. The van der Waals surface area contributed by atoms with Crippen molar-refractivity contribution < 1.29 is 9.53 Å². The summed E-state index contributed by atoms with van der Waals surface area (Å²) < 4.78 is 5.12. The summed E-state index contributed by atoms with van der Waals surface area (Å²) in [6.45, 7) is 7.58. The molecule has 0 radical (unpaired) electrons. The van der Waals surface area contributed by atoms with Gasteiger partial charge in [-0.25, -0.2) is 0 Å². The molecule has 1 rings (SSSR count). The number of hydrogen-bond donors (Lipinski definition) is 0. The molecule has 2 nitrogen and oxygen atoms in total. The largest absolute Gasteiger partial charge is 0.465 e. The van der Waals surface area contributed by atoms with Crippen LogP contribution in [0.25, 0.3) is 0 Å². The molecule has 1 aromatic carbocycles. The van der Waals surface area contributed by atoms with E-state index in [0.29, 0.717) is 28.6 Å². The molecule has 0 aromatic heterocycles. The van der Waals surface area contributed by atoms with Crippen LogP contribution in [0.1, 0.15) is 25.8 Å². The van der Waals surface area contributed by atoms with Gasteiger partial charge < -0.3 is 4.74 Å². The lowest BCUT2D eigenvalue weighted by atomic mass is 9.79. The molecule has 1 atom stereocenters. The second kappa shape index (κ2) is 6.26. The van der Waals surface area contributed by atoms with Crippen molar-refractivity contribution in [3.63, 3.8) is 0 Å². The van der Waals surface area contributed by atoms with Crippen LogP contribution >= 0.6 is 23.2 Å². The molecule has 0 heterocycles. The molecule has 0 spiro atoms. The average molecular weight is 287 g/mol. The Morgan fingerprint density at radius 2 is 2.17 bits per heavy atom. The maximum Gasteiger partial charge on any atom is 0.316 e. The van der Waals surface area contributed by atoms with Crippen LogP contribution in [0.3, 0.4) is 0 Å². The van der Waals surface area contributed by atoms with Gasteiger partial charge in [0.1, 0.15) is 0 Å². The van der Waals surface area contributed by atoms with Crippen molar-refractivity contribution in [2.24, 2.45) is 0 Å². The molecule has 0 N–H and O–H groups in total. The third-order valence-corrected chi connectivity index (χ3v) is 3.35. The van der Waals surface area contributed by atoms with E-state index in [-0.39, 0.29) is 5.97 Å². The Labute approximate surface area is 118 Å². The molecule has 1 unspecified atom stereocenters. The van der Waals surface area contributed by atoms with Crippen LogP contribution in [0.2, 0.25) is 10.0 Å². The van der Waals surface area contributed by atoms with Gasteiger partial charge in [0.2, 0.25) is 0 Å². The quantitative estimate of drug-likeness (QED) is 0.593. The summed E-state index contributed by atoms with van der Waals surface area (Å²) in [5.41, 5.74) is -0.133. The van der Waals surface area contributed by atoms with Gasteiger partial charge in [0.15, 0.2) is 0 Å². The van der Waals surface area contributed by atoms with E-state index >= 15 is 0 Å². The van der Waals surface area contributed by atoms with Crippen LogP contribution in [-0.4, -0.2) is 12.6 Å². The molecule has 0 fully saturated rings. The summed E-state index contributed by atoms with van der Waals surface area (Å²) in [5, 5.41) is 0.994. The molecular weight excluding hydrogens is 271 g/mol. The van der Waals surface area contributed by atoms with E-state index in [1.54, 1.807) is 38.1 Å². The number of carbonyl (C=O) groups is 1. The molecule has 0 saturated carbocycles. The Hall–Kier alpha value is -0.990. The third-order valence-electron chi connectivity index (χ3n) is 2.80. The maximum atomic E-state index is 12.1. The highest BCUT2D eigenvalue weighted by Crippen LogP contribution is 2.36. The Morgan fingerprint density at radius 3 is 2.67 bits per heavy atom. The molecule has 18 heavy (non-hydrogen) atoms. The van der Waals surface area contributed by atoms with E-state index < -0.39 is 5.41 Å². The van der Waals surface area contributed by atoms with E-state index in [4.69, 9.17) is 27.9 Å². The molecule has 0 saturated heterocycles. The van der Waals surface area contributed by atoms with Gasteiger partial charge >= 0.3 is 5.97 Å². The van der Waals surface area contributed by atoms with E-state index in [2.05, 4.69) is 6.58 Å². The molecule has 0 aliphatic carbocycles. The van der Waals surface area contributed by atoms with Crippen molar-refractivity contribution in [2.45, 2.75) is 25.7 Å². The van der Waals surface area contributed by atoms with E-state index in [9.17, 15) is 4.79 Å². The van der Waals surface area contributed by atoms with Crippen LogP contribution < -0.4 is 0 Å². The zero-order valence-corrected chi connectivity index (χ0v) is 12.0. The van der Waals surface area contributed by atoms with Gasteiger partial charge in [-0.15, -0.1) is 6.58 Å². The predicted octanol–water partition coefficient (Wildman–Crippen LogP) is 4.39. The molecule has 0 aliphatic rings. The molecule has 0 amide bonds. The van der Waals surface area contributed by atoms with Gasteiger partial charge in [0, 0.05) is 10.0 Å². The summed E-state index contributed by atoms with van der Waals surface area (Å²) in [6.07, 6.45) is 2.13. The minimum absolute atomic E-state index is 0.311. The highest BCUT2D eigenvalue weighted by atomic mass is 35.5. The van der Waals surface area contributed by atoms with Crippen molar-refractivity contribution in [3.8, 4) is 0 Å². The van der Waals surface area contributed by atoms with Gasteiger partial charge in [-0.05, 0) is 38.0 Å². The minimum Gasteiger partial charge on any atom is -0.465 e. The summed E-state index contributed by atoms with van der Waals surface area (Å²) in [5.74, 6) is -0.311. The van der Waals surface area contributed by atoms with Crippen molar-refractivity contribution in [2.75, 3.05) is 6.61 Å². The lowest BCUT2D eigenvalue weighted by molar-refractivity contribution is -0.149. The lowest BCUT2D eigenvalue weighted by Crippen LogP contribution is -2.34. The highest BCUT2D eigenvalue weighted by molar-refractivity contribution is 6.35. The first-order valence-electron chi connectivity index (χ1n) is 5.69. The lowest BCUT2D eigenvalue weighted by Gasteiger charge is -2.27. The van der Waals surface area contributed by atoms with Crippen LogP contribution in [0, 0.1) is 0 Å². The normalized spacial score (nSPS) is 13.8. The van der Waals surface area contributed by atoms with Gasteiger partial charge in [-0.1, -0.05) is 35.3 Å². The summed E-state index contributed by atoms with van der Waals surface area (Å²) in [4.78, 5) is 12.1. The molecule has 0 bridgehead atoms. The summed E-state index contributed by atoms with van der Waals surface area (Å²) >= 11 is 12.0. The third kappa shape index (κ3) is 3.06. The number of benzene rings is 1. The highest BCUT2D eigenvalue weighted by Gasteiger charge is 2.37. The summed E-state index contributed by atoms with van der Waals surface area (Å²) in [7, 11) is 0. The average Bonchev–Trinajstić information content (AvgIpc) is 2.29. The van der Waals surface area contributed by atoms with Crippen molar-refractivity contribution in [1.29, 1.82) is 0 Å². The monoisotopic (exact) mass is 286 g/mol. The van der Waals surface area contributed by atoms with E-state index in [1.807, 2.05) is 0 Å². The smallest absolute Gasteiger partial charge is 0.316 e. The zero-order chi connectivity index (χ0) is 13.8. The predicted molar refractivity (Wildman–Crippen MR) is 75.3 cm³/mol. The topological polar surface area (TPSA) is 26.3 Å². The number of ether oxygens (including phenoxy) is 1. The SMILES string of the molecule is C=CCC(C)(C(=O)OCC)c1ccc(Cl)cc1Cl. The number of allylic oxidation sites excluding steroid dienone is 1. The minimum atomic E-state index is -0.834. The fourth-order valence-electron chi connectivity index (χ4n) is 1.82. The van der Waals surface area contributed by atoms with Crippen molar-refractivity contribution >= 4 is 29.2 Å². The van der Waals surface area contributed by atoms with Gasteiger partial charge in [0.05, 0.1) is 12.0 Å². The van der Waals surface area contributed by atoms with Crippen LogP contribution in [0.15, 0.2) is 30.9 Å². The van der Waals surface area contributed by atoms with Gasteiger partial charge in [-0.2, -0.15) is 0 Å². The van der Waals surface area contributed by atoms with Crippen LogP contribution in [0.5, 0.6) is 0 Å². The molecule has 4 heteroatoms. The van der Waals surface area contributed by atoms with Crippen LogP contribution in [-0.2, 0) is 14.9 Å². The molecule has 0 aliphatic heterocycles. The Balaban J connectivity index is 3.25. The first-order chi connectivity index (χ1) is 8.45. The summed E-state index contributed by atoms with van der Waals surface area (Å²) in [6, 6.07) is 5.09. The number of hydrogen-bond acceptors (Lipinski definition) is 2. The molecular formula is C14H16Cl2O2. The van der Waals surface area contributed by atoms with Gasteiger partial charge in [0.25, 0.3) is 0 Å². The molecule has 98 valence electrons. The zero-order valence-electron chi connectivity index (χ0n) is 10.5. The van der Waals surface area contributed by atoms with Crippen molar-refractivity contribution in [1.82, 2.24) is 0 Å². The Kier molecular flexibility index (Phi) is 5.24. The second-order valence-electron chi connectivity index (χ2n) is 4.17. The fraction of sp³-hybridized carbons (Fsp3) is 0.357. The first kappa shape index (κ1) is 15.1. The number of rotatable bonds is 5. The number of esters is 1. The van der Waals surface area contributed by atoms with Crippen molar-refractivity contribution in [3.05, 3.63) is 46.5 Å². The van der Waals surface area contributed by atoms with Gasteiger partial charge in [-0.3, -0.25) is 4.79 Å². The standard InChI is InChI=1S/C14H16Cl2O2/c1-4-8-14(3,13(17)18-5-2)11-7-6-10(15)9-12(11)16/h4,6-7,9H,1,5,8H2,2-3H3. The van der Waals surface area contributed by atoms with E-state index in [0.717, 1.165) is 0 Å². The molecule has 1 aromatic rings. The number of halogens is 2. The Bertz CT molecular complexity index is 457.